The van der Waals surface area contributed by atoms with Crippen molar-refractivity contribution < 1.29 is 23.8 Å². The summed E-state index contributed by atoms with van der Waals surface area (Å²) in [5, 5.41) is 0. The van der Waals surface area contributed by atoms with Crippen molar-refractivity contribution in [3.8, 4) is 17.2 Å². The van der Waals surface area contributed by atoms with Crippen LogP contribution < -0.4 is 14.2 Å². The smallest absolute Gasteiger partial charge is 0.257 e. The molecule has 9 heteroatoms. The third-order valence-electron chi connectivity index (χ3n) is 7.72. The number of carbonyl (C=O) groups is 2. The predicted octanol–water partition coefficient (Wildman–Crippen LogP) is 5.46. The van der Waals surface area contributed by atoms with Crippen LogP contribution in [0, 0.1) is 6.92 Å². The monoisotopic (exact) mass is 556 g/mol. The fraction of sp³-hybridized carbons (Fsp3) is 0.375. The van der Waals surface area contributed by atoms with E-state index < -0.39 is 0 Å². The maximum absolute atomic E-state index is 13.2. The first-order valence-corrected chi connectivity index (χ1v) is 13.5. The van der Waals surface area contributed by atoms with Crippen molar-refractivity contribution in [1.29, 1.82) is 0 Å². The van der Waals surface area contributed by atoms with Crippen LogP contribution in [0.2, 0.25) is 0 Å². The molecule has 4 aliphatic heterocycles. The first-order valence-electron chi connectivity index (χ1n) is 13.5. The minimum absolute atomic E-state index is 0. The highest BCUT2D eigenvalue weighted by molar-refractivity contribution is 6.04. The number of fused-ring (bicyclic) bond motifs is 4. The largest absolute Gasteiger partial charge is 0.493 e. The Balaban J connectivity index is 0.00000337. The molecule has 2 aromatic carbocycles. The molecular weight excluding hydrogens is 520 g/mol. The van der Waals surface area contributed by atoms with Crippen LogP contribution in [0.4, 0.5) is 11.4 Å². The second-order valence-electron chi connectivity index (χ2n) is 10.7. The molecule has 0 spiro atoms. The molecule has 214 valence electrons. The number of aliphatic imine (C=N–C) groups is 2. The van der Waals surface area contributed by atoms with Crippen LogP contribution in [0.1, 0.15) is 53.0 Å². The summed E-state index contributed by atoms with van der Waals surface area (Å²) in [6, 6.07) is 7.03. The zero-order chi connectivity index (χ0) is 28.0. The van der Waals surface area contributed by atoms with Gasteiger partial charge in [-0.25, -0.2) is 0 Å². The van der Waals surface area contributed by atoms with Crippen LogP contribution in [0.3, 0.4) is 0 Å². The molecule has 2 aromatic rings. The summed E-state index contributed by atoms with van der Waals surface area (Å²) in [7, 11) is 1.55. The zero-order valence-electron chi connectivity index (χ0n) is 22.8. The van der Waals surface area contributed by atoms with Crippen LogP contribution in [0.25, 0.3) is 0 Å². The summed E-state index contributed by atoms with van der Waals surface area (Å²) < 4.78 is 17.6. The Hall–Kier alpha value is -4.40. The van der Waals surface area contributed by atoms with Gasteiger partial charge in [0, 0.05) is 44.1 Å². The predicted molar refractivity (Wildman–Crippen MR) is 160 cm³/mol. The van der Waals surface area contributed by atoms with Gasteiger partial charge in [0.05, 0.1) is 54.9 Å². The molecule has 6 rings (SSSR count). The molecule has 0 bridgehead atoms. The van der Waals surface area contributed by atoms with Gasteiger partial charge in [0.25, 0.3) is 11.8 Å². The van der Waals surface area contributed by atoms with Gasteiger partial charge in [-0.15, -0.1) is 0 Å². The maximum Gasteiger partial charge on any atom is 0.257 e. The third kappa shape index (κ3) is 5.24. The fourth-order valence-electron chi connectivity index (χ4n) is 5.64. The zero-order valence-corrected chi connectivity index (χ0v) is 22.8. The first-order chi connectivity index (χ1) is 19.3. The third-order valence-corrected chi connectivity index (χ3v) is 7.72. The lowest BCUT2D eigenvalue weighted by molar-refractivity contribution is 0.0770. The average Bonchev–Trinajstić information content (AvgIpc) is 3.45. The van der Waals surface area contributed by atoms with Crippen LogP contribution in [-0.4, -0.2) is 79.5 Å². The molecule has 4 heterocycles. The molecule has 2 amide bonds. The van der Waals surface area contributed by atoms with Crippen molar-refractivity contribution in [2.45, 2.75) is 45.7 Å². The highest BCUT2D eigenvalue weighted by Gasteiger charge is 2.35. The van der Waals surface area contributed by atoms with E-state index in [2.05, 4.69) is 23.1 Å². The van der Waals surface area contributed by atoms with Crippen molar-refractivity contribution in [3.63, 3.8) is 0 Å². The number of hydrogen-bond acceptors (Lipinski definition) is 7. The second-order valence-corrected chi connectivity index (χ2v) is 10.7. The Morgan fingerprint density at radius 3 is 1.88 bits per heavy atom. The van der Waals surface area contributed by atoms with E-state index in [9.17, 15) is 9.59 Å². The Kier molecular flexibility index (Phi) is 7.71. The summed E-state index contributed by atoms with van der Waals surface area (Å²) in [5.41, 5.74) is 5.21. The maximum atomic E-state index is 13.2. The Morgan fingerprint density at radius 2 is 1.32 bits per heavy atom. The van der Waals surface area contributed by atoms with Crippen molar-refractivity contribution in [1.82, 2.24) is 9.80 Å². The molecule has 2 saturated heterocycles. The van der Waals surface area contributed by atoms with Crippen molar-refractivity contribution in [2.24, 2.45) is 9.98 Å². The lowest BCUT2D eigenvalue weighted by Crippen LogP contribution is -2.35. The first kappa shape index (κ1) is 28.1. The van der Waals surface area contributed by atoms with E-state index in [1.54, 1.807) is 24.1 Å². The van der Waals surface area contributed by atoms with Gasteiger partial charge in [0.15, 0.2) is 11.5 Å². The normalized spacial score (nSPS) is 20.5. The fourth-order valence-corrected chi connectivity index (χ4v) is 5.64. The SMILES string of the molecule is C.C=C1C[C@H]2C=Nc3cc(OCCCOc4cc5c(cc4OC)C(=O)N4CC(=C)C[C@H]4C=N5)c(C)cc3C(=O)N2C1. The van der Waals surface area contributed by atoms with Crippen LogP contribution in [0.5, 0.6) is 17.2 Å². The van der Waals surface area contributed by atoms with E-state index in [0.717, 1.165) is 29.6 Å². The summed E-state index contributed by atoms with van der Waals surface area (Å²) in [4.78, 5) is 39.1. The van der Waals surface area contributed by atoms with Crippen molar-refractivity contribution in [2.75, 3.05) is 33.4 Å². The van der Waals surface area contributed by atoms with Gasteiger partial charge in [0.1, 0.15) is 5.75 Å². The van der Waals surface area contributed by atoms with Crippen LogP contribution in [0.15, 0.2) is 58.6 Å². The Labute approximate surface area is 240 Å². The molecular formula is C32H36N4O5. The standard InChI is InChI=1S/C31H32N4O5.CH4/c1-18-8-21-14-32-25-12-27(20(3)10-23(25)30(36)34(21)16-18)39-6-5-7-40-29-13-26-24(11-28(29)38-4)31(37)35-17-19(2)9-22(35)15-33-26;/h10-15,21-22H,1-2,5-9,16-17H2,3-4H3;1H4/t21-,22-;/m0./s1. The van der Waals surface area contributed by atoms with Crippen molar-refractivity contribution >= 4 is 35.6 Å². The number of rotatable bonds is 7. The summed E-state index contributed by atoms with van der Waals surface area (Å²) >= 11 is 0. The number of methoxy groups -OCH3 is 1. The van der Waals surface area contributed by atoms with Gasteiger partial charge in [-0.05, 0) is 37.5 Å². The summed E-state index contributed by atoms with van der Waals surface area (Å²) in [6.45, 7) is 11.9. The Bertz CT molecular complexity index is 1490. The number of hydrogen-bond donors (Lipinski definition) is 0. The number of ether oxygens (including phenoxy) is 3. The number of benzene rings is 2. The lowest BCUT2D eigenvalue weighted by atomic mass is 10.1. The minimum Gasteiger partial charge on any atom is -0.493 e. The van der Waals surface area contributed by atoms with E-state index in [4.69, 9.17) is 14.2 Å². The number of nitrogens with zero attached hydrogens (tertiary/aromatic N) is 4. The van der Waals surface area contributed by atoms with E-state index in [0.29, 0.717) is 72.5 Å². The van der Waals surface area contributed by atoms with E-state index >= 15 is 0 Å². The molecule has 0 N–H and O–H groups in total. The number of amides is 2. The van der Waals surface area contributed by atoms with Gasteiger partial charge >= 0.3 is 0 Å². The molecule has 9 nitrogen and oxygen atoms in total. The molecule has 2 fully saturated rings. The molecule has 41 heavy (non-hydrogen) atoms. The van der Waals surface area contributed by atoms with Gasteiger partial charge in [0.2, 0.25) is 0 Å². The highest BCUT2D eigenvalue weighted by atomic mass is 16.5. The summed E-state index contributed by atoms with van der Waals surface area (Å²) in [6.07, 6.45) is 5.73. The van der Waals surface area contributed by atoms with E-state index in [1.807, 2.05) is 36.4 Å². The topological polar surface area (TPSA) is 93.0 Å². The van der Waals surface area contributed by atoms with Crippen LogP contribution in [-0.2, 0) is 0 Å². The number of carbonyl (C=O) groups excluding carboxylic acids is 2. The molecule has 0 radical (unpaired) electrons. The molecule has 0 saturated carbocycles. The molecule has 4 aliphatic rings. The minimum atomic E-state index is -0.0811. The highest BCUT2D eigenvalue weighted by Crippen LogP contribution is 2.39. The average molecular weight is 557 g/mol. The Morgan fingerprint density at radius 1 is 0.805 bits per heavy atom. The van der Waals surface area contributed by atoms with Gasteiger partial charge in [-0.1, -0.05) is 31.7 Å². The lowest BCUT2D eigenvalue weighted by Gasteiger charge is -2.20. The molecule has 0 aliphatic carbocycles. The molecule has 0 aromatic heterocycles. The second kappa shape index (κ2) is 11.2. The summed E-state index contributed by atoms with van der Waals surface area (Å²) in [5.74, 6) is 1.59. The van der Waals surface area contributed by atoms with Crippen LogP contribution >= 0.6 is 0 Å². The molecule has 2 atom stereocenters. The van der Waals surface area contributed by atoms with Gasteiger partial charge < -0.3 is 24.0 Å². The van der Waals surface area contributed by atoms with Crippen molar-refractivity contribution in [3.05, 3.63) is 65.3 Å². The van der Waals surface area contributed by atoms with E-state index in [1.165, 1.54) is 0 Å². The van der Waals surface area contributed by atoms with Gasteiger partial charge in [-0.3, -0.25) is 19.6 Å². The quantitative estimate of drug-likeness (QED) is 0.334. The van der Waals surface area contributed by atoms with E-state index in [-0.39, 0.29) is 31.3 Å². The molecule has 0 unspecified atom stereocenters. The number of aryl methyl sites for hydroxylation is 1. The van der Waals surface area contributed by atoms with Gasteiger partial charge in [-0.2, -0.15) is 0 Å².